The number of oxazole rings is 1. The molecule has 0 atom stereocenters. The first-order chi connectivity index (χ1) is 9.42. The Labute approximate surface area is 121 Å². The van der Waals surface area contributed by atoms with Crippen LogP contribution in [0.3, 0.4) is 0 Å². The average molecular weight is 295 g/mol. The van der Waals surface area contributed by atoms with Crippen LogP contribution in [0.5, 0.6) is 0 Å². The Hall–Kier alpha value is -1.95. The van der Waals surface area contributed by atoms with Crippen LogP contribution in [-0.4, -0.2) is 26.1 Å². The Morgan fingerprint density at radius 1 is 1.40 bits per heavy atom. The molecule has 6 heteroatoms. The number of nitrogens with zero attached hydrogens (tertiary/aromatic N) is 1. The van der Waals surface area contributed by atoms with Gasteiger partial charge in [0.15, 0.2) is 12.0 Å². The second kappa shape index (κ2) is 7.59. The molecule has 0 fully saturated rings. The smallest absolute Gasteiger partial charge is 0.311 e. The summed E-state index contributed by atoms with van der Waals surface area (Å²) in [6.07, 6.45) is 1.52. The van der Waals surface area contributed by atoms with Crippen LogP contribution in [0.2, 0.25) is 0 Å². The standard InChI is InChI=1S/C7H5NO.C7H12O3S/c1-2-4-7-6(3-1)8-5-9-7;1-7(2,3)10-6(8)4-5-11-9/h1-5H;5H,4H2,1-3H3. The first-order valence-corrected chi connectivity index (χ1v) is 6.83. The summed E-state index contributed by atoms with van der Waals surface area (Å²) in [6.45, 7) is 5.36. The van der Waals surface area contributed by atoms with Gasteiger partial charge in [0.2, 0.25) is 0 Å². The Bertz CT molecular complexity index is 579. The highest BCUT2D eigenvalue weighted by molar-refractivity contribution is 7.64. The molecule has 2 aromatic rings. The lowest BCUT2D eigenvalue weighted by Gasteiger charge is -2.18. The van der Waals surface area contributed by atoms with Gasteiger partial charge in [0.25, 0.3) is 0 Å². The number of hydrogen-bond acceptors (Lipinski definition) is 5. The number of aromatic nitrogens is 1. The first-order valence-electron chi connectivity index (χ1n) is 6.03. The molecular weight excluding hydrogens is 278 g/mol. The summed E-state index contributed by atoms with van der Waals surface area (Å²) >= 11 is 0.280. The molecule has 20 heavy (non-hydrogen) atoms. The minimum absolute atomic E-state index is 0.0748. The van der Waals surface area contributed by atoms with E-state index in [4.69, 9.17) is 9.15 Å². The molecule has 2 rings (SSSR count). The third-order valence-corrected chi connectivity index (χ3v) is 2.28. The summed E-state index contributed by atoms with van der Waals surface area (Å²) in [5.74, 6) is -0.360. The van der Waals surface area contributed by atoms with Gasteiger partial charge in [0.1, 0.15) is 11.1 Å². The number of ether oxygens (including phenoxy) is 1. The average Bonchev–Trinajstić information content (AvgIpc) is 2.83. The number of para-hydroxylation sites is 2. The van der Waals surface area contributed by atoms with Crippen molar-refractivity contribution >= 4 is 33.7 Å². The molecule has 1 aromatic heterocycles. The molecule has 0 N–H and O–H groups in total. The lowest BCUT2D eigenvalue weighted by Crippen LogP contribution is -2.23. The molecule has 0 radical (unpaired) electrons. The van der Waals surface area contributed by atoms with Crippen molar-refractivity contribution in [2.75, 3.05) is 0 Å². The van der Waals surface area contributed by atoms with Gasteiger partial charge >= 0.3 is 5.97 Å². The maximum atomic E-state index is 10.8. The number of hydrogen-bond donors (Lipinski definition) is 0. The fourth-order valence-corrected chi connectivity index (χ4v) is 1.49. The van der Waals surface area contributed by atoms with E-state index in [0.29, 0.717) is 0 Å². The summed E-state index contributed by atoms with van der Waals surface area (Å²) in [7, 11) is 0. The zero-order chi connectivity index (χ0) is 15.0. The van der Waals surface area contributed by atoms with Gasteiger partial charge in [-0.05, 0) is 32.9 Å². The number of esters is 1. The molecule has 0 amide bonds. The Balaban J connectivity index is 0.000000202. The van der Waals surface area contributed by atoms with Gasteiger partial charge in [-0.3, -0.25) is 4.79 Å². The van der Waals surface area contributed by atoms with Crippen molar-refractivity contribution in [3.05, 3.63) is 30.7 Å². The third kappa shape index (κ3) is 6.29. The highest BCUT2D eigenvalue weighted by atomic mass is 32.1. The van der Waals surface area contributed by atoms with Crippen LogP contribution in [0, 0.1) is 0 Å². The summed E-state index contributed by atoms with van der Waals surface area (Å²) < 4.78 is 19.8. The topological polar surface area (TPSA) is 69.4 Å². The molecule has 0 spiro atoms. The number of rotatable bonds is 2. The number of fused-ring (bicyclic) bond motifs is 1. The van der Waals surface area contributed by atoms with E-state index >= 15 is 0 Å². The van der Waals surface area contributed by atoms with E-state index in [9.17, 15) is 9.00 Å². The SMILES string of the molecule is CC(C)(C)OC(=O)CC=S=O.c1ccc2ocnc2c1. The molecule has 0 bridgehead atoms. The van der Waals surface area contributed by atoms with Crippen LogP contribution >= 0.6 is 0 Å². The molecule has 0 aliphatic heterocycles. The summed E-state index contributed by atoms with van der Waals surface area (Å²) in [6, 6.07) is 7.67. The van der Waals surface area contributed by atoms with Gasteiger partial charge in [0.05, 0.1) is 17.7 Å². The first kappa shape index (κ1) is 16.1. The van der Waals surface area contributed by atoms with E-state index in [0.717, 1.165) is 11.1 Å². The number of benzene rings is 1. The molecule has 0 aliphatic rings. The van der Waals surface area contributed by atoms with Crippen molar-refractivity contribution in [3.63, 3.8) is 0 Å². The van der Waals surface area contributed by atoms with Crippen molar-refractivity contribution in [1.29, 1.82) is 0 Å². The third-order valence-electron chi connectivity index (χ3n) is 1.97. The molecular formula is C14H17NO4S. The number of carbonyl (C=O) groups excluding carboxylic acids is 1. The quantitative estimate of drug-likeness (QED) is 0.629. The molecule has 0 aliphatic carbocycles. The maximum absolute atomic E-state index is 10.8. The summed E-state index contributed by atoms with van der Waals surface area (Å²) in [4.78, 5) is 14.8. The van der Waals surface area contributed by atoms with Crippen LogP contribution in [0.4, 0.5) is 0 Å². The van der Waals surface area contributed by atoms with Crippen molar-refractivity contribution in [1.82, 2.24) is 4.98 Å². The van der Waals surface area contributed by atoms with E-state index in [-0.39, 0.29) is 23.6 Å². The Morgan fingerprint density at radius 2 is 2.10 bits per heavy atom. The molecule has 5 nitrogen and oxygen atoms in total. The van der Waals surface area contributed by atoms with E-state index in [1.165, 1.54) is 11.8 Å². The fourth-order valence-electron chi connectivity index (χ4n) is 1.29. The normalized spacial score (nSPS) is 10.3. The largest absolute Gasteiger partial charge is 0.460 e. The van der Waals surface area contributed by atoms with E-state index < -0.39 is 5.60 Å². The monoisotopic (exact) mass is 295 g/mol. The zero-order valence-corrected chi connectivity index (χ0v) is 12.5. The highest BCUT2D eigenvalue weighted by Crippen LogP contribution is 2.09. The van der Waals surface area contributed by atoms with Gasteiger partial charge in [-0.15, -0.1) is 0 Å². The van der Waals surface area contributed by atoms with Gasteiger partial charge in [-0.1, -0.05) is 12.1 Å². The van der Waals surface area contributed by atoms with Crippen LogP contribution in [0.15, 0.2) is 35.1 Å². The van der Waals surface area contributed by atoms with E-state index in [1.54, 1.807) is 20.8 Å². The molecule has 0 saturated heterocycles. The van der Waals surface area contributed by atoms with E-state index in [2.05, 4.69) is 4.98 Å². The van der Waals surface area contributed by atoms with Crippen LogP contribution in [0.25, 0.3) is 11.1 Å². The predicted octanol–water partition coefficient (Wildman–Crippen LogP) is 2.56. The Morgan fingerprint density at radius 3 is 2.70 bits per heavy atom. The van der Waals surface area contributed by atoms with Crippen LogP contribution in [-0.2, 0) is 20.8 Å². The Kier molecular flexibility index (Phi) is 6.11. The lowest BCUT2D eigenvalue weighted by atomic mass is 10.2. The second-order valence-corrected chi connectivity index (χ2v) is 5.40. The van der Waals surface area contributed by atoms with Crippen LogP contribution in [0.1, 0.15) is 27.2 Å². The van der Waals surface area contributed by atoms with Gasteiger partial charge < -0.3 is 9.15 Å². The van der Waals surface area contributed by atoms with Gasteiger partial charge in [0, 0.05) is 5.37 Å². The van der Waals surface area contributed by atoms with Crippen molar-refractivity contribution in [2.45, 2.75) is 32.8 Å². The number of carbonyl (C=O) groups is 1. The zero-order valence-electron chi connectivity index (χ0n) is 11.7. The minimum Gasteiger partial charge on any atom is -0.460 e. The highest BCUT2D eigenvalue weighted by Gasteiger charge is 2.14. The van der Waals surface area contributed by atoms with Crippen LogP contribution < -0.4 is 0 Å². The minimum atomic E-state index is -0.460. The van der Waals surface area contributed by atoms with E-state index in [1.807, 2.05) is 24.3 Å². The van der Waals surface area contributed by atoms with Crippen molar-refractivity contribution in [3.8, 4) is 0 Å². The lowest BCUT2D eigenvalue weighted by molar-refractivity contribution is -0.153. The second-order valence-electron chi connectivity index (χ2n) is 4.87. The predicted molar refractivity (Wildman–Crippen MR) is 78.7 cm³/mol. The van der Waals surface area contributed by atoms with Crippen molar-refractivity contribution < 1.29 is 18.2 Å². The maximum Gasteiger partial charge on any atom is 0.311 e. The molecule has 1 heterocycles. The van der Waals surface area contributed by atoms with Gasteiger partial charge in [-0.25, -0.2) is 9.19 Å². The molecule has 0 unspecified atom stereocenters. The summed E-state index contributed by atoms with van der Waals surface area (Å²) in [5.41, 5.74) is 1.30. The van der Waals surface area contributed by atoms with Crippen molar-refractivity contribution in [2.24, 2.45) is 0 Å². The summed E-state index contributed by atoms with van der Waals surface area (Å²) in [5, 5.41) is 1.27. The molecule has 108 valence electrons. The molecule has 0 saturated carbocycles. The van der Waals surface area contributed by atoms with Gasteiger partial charge in [-0.2, -0.15) is 0 Å². The molecule has 1 aromatic carbocycles. The fraction of sp³-hybridized carbons (Fsp3) is 0.357.